The van der Waals surface area contributed by atoms with Gasteiger partial charge in [-0.1, -0.05) is 6.07 Å². The van der Waals surface area contributed by atoms with Crippen molar-refractivity contribution < 1.29 is 9.59 Å². The number of nitrogens with zero attached hydrogens (tertiary/aromatic N) is 1. The summed E-state index contributed by atoms with van der Waals surface area (Å²) in [5, 5.41) is 9.51. The fourth-order valence-electron chi connectivity index (χ4n) is 4.10. The van der Waals surface area contributed by atoms with Crippen LogP contribution in [0.2, 0.25) is 0 Å². The van der Waals surface area contributed by atoms with Crippen molar-refractivity contribution in [2.45, 2.75) is 44.7 Å². The Bertz CT molecular complexity index is 749. The zero-order valence-corrected chi connectivity index (χ0v) is 16.4. The summed E-state index contributed by atoms with van der Waals surface area (Å²) >= 11 is 3.12. The maximum Gasteiger partial charge on any atom is 0.223 e. The van der Waals surface area contributed by atoms with Crippen LogP contribution in [0.3, 0.4) is 0 Å². The summed E-state index contributed by atoms with van der Waals surface area (Å²) in [5.74, 6) is 0.206. The fourth-order valence-corrected chi connectivity index (χ4v) is 5.46. The fraction of sp³-hybridized carbons (Fsp3) is 0.500. The van der Waals surface area contributed by atoms with Crippen molar-refractivity contribution >= 4 is 34.4 Å². The Kier molecular flexibility index (Phi) is 5.25. The second kappa shape index (κ2) is 7.62. The van der Waals surface area contributed by atoms with Gasteiger partial charge < -0.3 is 10.2 Å². The third-order valence-corrected chi connectivity index (χ3v) is 7.38. The van der Waals surface area contributed by atoms with Gasteiger partial charge in [-0.3, -0.25) is 9.59 Å². The SMILES string of the molecule is O=C(CCC(=O)N(Cc1ccsc1)C1CC12CCNCC2)c1cccs1. The second-order valence-corrected chi connectivity index (χ2v) is 9.11. The number of thiophene rings is 2. The molecule has 1 aliphatic carbocycles. The zero-order chi connectivity index (χ0) is 18.0. The van der Waals surface area contributed by atoms with Crippen molar-refractivity contribution in [2.75, 3.05) is 13.1 Å². The number of carbonyl (C=O) groups excluding carboxylic acids is 2. The van der Waals surface area contributed by atoms with Crippen LogP contribution in [0.25, 0.3) is 0 Å². The topological polar surface area (TPSA) is 49.4 Å². The normalized spacial score (nSPS) is 20.8. The van der Waals surface area contributed by atoms with Gasteiger partial charge in [0.2, 0.25) is 5.91 Å². The molecule has 1 amide bonds. The van der Waals surface area contributed by atoms with Crippen molar-refractivity contribution in [1.82, 2.24) is 10.2 Å². The molecule has 3 heterocycles. The van der Waals surface area contributed by atoms with Gasteiger partial charge in [0.25, 0.3) is 0 Å². The van der Waals surface area contributed by atoms with Crippen LogP contribution in [0.15, 0.2) is 34.3 Å². The van der Waals surface area contributed by atoms with Crippen LogP contribution in [0, 0.1) is 5.41 Å². The number of carbonyl (C=O) groups is 2. The van der Waals surface area contributed by atoms with Gasteiger partial charge in [0.15, 0.2) is 5.78 Å². The Hall–Kier alpha value is -1.50. The lowest BCUT2D eigenvalue weighted by Crippen LogP contribution is -2.39. The lowest BCUT2D eigenvalue weighted by atomic mass is 9.93. The molecule has 138 valence electrons. The maximum atomic E-state index is 13.0. The van der Waals surface area contributed by atoms with Crippen molar-refractivity contribution in [3.63, 3.8) is 0 Å². The van der Waals surface area contributed by atoms with Crippen molar-refractivity contribution in [1.29, 1.82) is 0 Å². The molecule has 1 spiro atoms. The molecule has 0 bridgehead atoms. The summed E-state index contributed by atoms with van der Waals surface area (Å²) in [6.07, 6.45) is 4.04. The first kappa shape index (κ1) is 17.9. The standard InChI is InChI=1S/C20H24N2O2S2/c23-16(17-2-1-10-26-17)3-4-19(24)22(13-15-5-11-25-14-15)18-12-20(18)6-8-21-9-7-20/h1-2,5,10-11,14,18,21H,3-4,6-9,12-13H2. The Morgan fingerprint density at radius 1 is 1.19 bits per heavy atom. The quantitative estimate of drug-likeness (QED) is 0.731. The minimum atomic E-state index is 0.0798. The number of Topliss-reactive ketones (excluding diaryl/α,β-unsaturated/α-hetero) is 1. The molecule has 4 nitrogen and oxygen atoms in total. The predicted molar refractivity (Wildman–Crippen MR) is 106 cm³/mol. The average molecular weight is 389 g/mol. The van der Waals surface area contributed by atoms with Gasteiger partial charge in [0, 0.05) is 25.4 Å². The molecule has 26 heavy (non-hydrogen) atoms. The molecule has 6 heteroatoms. The van der Waals surface area contributed by atoms with E-state index >= 15 is 0 Å². The number of hydrogen-bond acceptors (Lipinski definition) is 5. The number of rotatable bonds is 7. The van der Waals surface area contributed by atoms with Crippen molar-refractivity contribution in [3.05, 3.63) is 44.8 Å². The van der Waals surface area contributed by atoms with Gasteiger partial charge in [-0.05, 0) is 71.6 Å². The molecule has 2 aliphatic rings. The number of amides is 1. The van der Waals surface area contributed by atoms with Crippen molar-refractivity contribution in [2.24, 2.45) is 5.41 Å². The van der Waals surface area contributed by atoms with Crippen LogP contribution in [0.4, 0.5) is 0 Å². The number of nitrogens with one attached hydrogen (secondary N) is 1. The molecular formula is C20H24N2O2S2. The van der Waals surface area contributed by atoms with Gasteiger partial charge in [-0.15, -0.1) is 11.3 Å². The summed E-state index contributed by atoms with van der Waals surface area (Å²) in [6.45, 7) is 2.77. The van der Waals surface area contributed by atoms with E-state index in [0.717, 1.165) is 37.2 Å². The first-order valence-electron chi connectivity index (χ1n) is 9.26. The summed E-state index contributed by atoms with van der Waals surface area (Å²) in [4.78, 5) is 28.1. The van der Waals surface area contributed by atoms with E-state index in [2.05, 4.69) is 27.0 Å². The van der Waals surface area contributed by atoms with E-state index < -0.39 is 0 Å². The van der Waals surface area contributed by atoms with Crippen LogP contribution in [0.5, 0.6) is 0 Å². The molecule has 4 rings (SSSR count). The third kappa shape index (κ3) is 3.77. The summed E-state index contributed by atoms with van der Waals surface area (Å²) < 4.78 is 0. The van der Waals surface area contributed by atoms with E-state index in [9.17, 15) is 9.59 Å². The minimum Gasteiger partial charge on any atom is -0.335 e. The molecule has 1 atom stereocenters. The third-order valence-electron chi connectivity index (χ3n) is 5.74. The lowest BCUT2D eigenvalue weighted by molar-refractivity contribution is -0.133. The molecular weight excluding hydrogens is 364 g/mol. The minimum absolute atomic E-state index is 0.0798. The first-order valence-corrected chi connectivity index (χ1v) is 11.1. The van der Waals surface area contributed by atoms with Gasteiger partial charge in [-0.25, -0.2) is 0 Å². The molecule has 1 unspecified atom stereocenters. The maximum absolute atomic E-state index is 13.0. The molecule has 1 saturated carbocycles. The number of ketones is 1. The highest BCUT2D eigenvalue weighted by atomic mass is 32.1. The van der Waals surface area contributed by atoms with Crippen LogP contribution >= 0.6 is 22.7 Å². The Labute approximate surface area is 162 Å². The van der Waals surface area contributed by atoms with E-state index in [1.807, 2.05) is 17.5 Å². The molecule has 2 aromatic rings. The Morgan fingerprint density at radius 3 is 2.73 bits per heavy atom. The molecule has 2 aromatic heterocycles. The van der Waals surface area contributed by atoms with Gasteiger partial charge in [0.1, 0.15) is 0 Å². The zero-order valence-electron chi connectivity index (χ0n) is 14.8. The summed E-state index contributed by atoms with van der Waals surface area (Å²) in [7, 11) is 0. The van der Waals surface area contributed by atoms with E-state index in [1.165, 1.54) is 16.9 Å². The highest BCUT2D eigenvalue weighted by molar-refractivity contribution is 7.12. The number of hydrogen-bond donors (Lipinski definition) is 1. The molecule has 0 aromatic carbocycles. The Morgan fingerprint density at radius 2 is 2.04 bits per heavy atom. The van der Waals surface area contributed by atoms with Crippen LogP contribution in [-0.4, -0.2) is 35.7 Å². The molecule has 1 aliphatic heterocycles. The van der Waals surface area contributed by atoms with E-state index in [0.29, 0.717) is 30.8 Å². The lowest BCUT2D eigenvalue weighted by Gasteiger charge is -2.29. The predicted octanol–water partition coefficient (Wildman–Crippen LogP) is 3.94. The Balaban J connectivity index is 1.42. The van der Waals surface area contributed by atoms with Crippen LogP contribution < -0.4 is 5.32 Å². The smallest absolute Gasteiger partial charge is 0.223 e. The highest BCUT2D eigenvalue weighted by Crippen LogP contribution is 2.56. The monoisotopic (exact) mass is 388 g/mol. The van der Waals surface area contributed by atoms with Gasteiger partial charge >= 0.3 is 0 Å². The average Bonchev–Trinajstić information content (AvgIpc) is 3.12. The molecule has 1 saturated heterocycles. The molecule has 0 radical (unpaired) electrons. The van der Waals surface area contributed by atoms with Crippen molar-refractivity contribution in [3.8, 4) is 0 Å². The van der Waals surface area contributed by atoms with E-state index in [-0.39, 0.29) is 11.7 Å². The number of piperidine rings is 1. The van der Waals surface area contributed by atoms with E-state index in [4.69, 9.17) is 0 Å². The molecule has 2 fully saturated rings. The van der Waals surface area contributed by atoms with Gasteiger partial charge in [-0.2, -0.15) is 11.3 Å². The second-order valence-electron chi connectivity index (χ2n) is 7.39. The van der Waals surface area contributed by atoms with Crippen LogP contribution in [0.1, 0.15) is 47.3 Å². The van der Waals surface area contributed by atoms with Gasteiger partial charge in [0.05, 0.1) is 4.88 Å². The molecule has 1 N–H and O–H groups in total. The van der Waals surface area contributed by atoms with E-state index in [1.54, 1.807) is 11.3 Å². The highest BCUT2D eigenvalue weighted by Gasteiger charge is 2.57. The van der Waals surface area contributed by atoms with Crippen LogP contribution in [-0.2, 0) is 11.3 Å². The largest absolute Gasteiger partial charge is 0.335 e. The summed E-state index contributed by atoms with van der Waals surface area (Å²) in [6, 6.07) is 6.16. The first-order chi connectivity index (χ1) is 12.7. The summed E-state index contributed by atoms with van der Waals surface area (Å²) in [5.41, 5.74) is 1.51.